The van der Waals surface area contributed by atoms with E-state index >= 15 is 0 Å². The summed E-state index contributed by atoms with van der Waals surface area (Å²) >= 11 is 0. The van der Waals surface area contributed by atoms with E-state index in [9.17, 15) is 0 Å². The first kappa shape index (κ1) is 12.5. The zero-order valence-corrected chi connectivity index (χ0v) is 11.1. The van der Waals surface area contributed by atoms with Gasteiger partial charge in [-0.3, -0.25) is 4.68 Å². The smallest absolute Gasteiger partial charge is 0.164 e. The van der Waals surface area contributed by atoms with E-state index in [0.717, 1.165) is 22.8 Å². The van der Waals surface area contributed by atoms with E-state index < -0.39 is 0 Å². The zero-order valence-electron chi connectivity index (χ0n) is 11.1. The molecule has 7 nitrogen and oxygen atoms in total. The van der Waals surface area contributed by atoms with Gasteiger partial charge in [0.05, 0.1) is 6.54 Å². The summed E-state index contributed by atoms with van der Waals surface area (Å²) in [6.45, 7) is 1.21. The van der Waals surface area contributed by atoms with Crippen molar-refractivity contribution in [1.29, 1.82) is 0 Å². The quantitative estimate of drug-likeness (QED) is 0.718. The third-order valence-electron chi connectivity index (χ3n) is 2.89. The van der Waals surface area contributed by atoms with Gasteiger partial charge in [-0.25, -0.2) is 4.98 Å². The van der Waals surface area contributed by atoms with Gasteiger partial charge in [-0.1, -0.05) is 30.3 Å². The van der Waals surface area contributed by atoms with Crippen molar-refractivity contribution in [3.05, 3.63) is 48.2 Å². The average Bonchev–Trinajstić information content (AvgIpc) is 3.09. The van der Waals surface area contributed by atoms with Gasteiger partial charge in [0.2, 0.25) is 0 Å². The highest BCUT2D eigenvalue weighted by atomic mass is 15.3. The van der Waals surface area contributed by atoms with Crippen LogP contribution in [0.15, 0.2) is 36.7 Å². The lowest BCUT2D eigenvalue weighted by Gasteiger charge is -2.02. The van der Waals surface area contributed by atoms with Crippen LogP contribution in [0.4, 0.5) is 0 Å². The number of nitrogens with one attached hydrogen (secondary N) is 2. The molecule has 0 atom stereocenters. The number of hydrogen-bond acceptors (Lipinski definition) is 5. The van der Waals surface area contributed by atoms with Crippen molar-refractivity contribution in [3.63, 3.8) is 0 Å². The molecule has 2 aromatic heterocycles. The first-order valence-electron chi connectivity index (χ1n) is 6.33. The molecule has 20 heavy (non-hydrogen) atoms. The predicted molar refractivity (Wildman–Crippen MR) is 73.4 cm³/mol. The second kappa shape index (κ2) is 5.62. The van der Waals surface area contributed by atoms with Gasteiger partial charge >= 0.3 is 0 Å². The van der Waals surface area contributed by atoms with Gasteiger partial charge in [0.1, 0.15) is 17.7 Å². The summed E-state index contributed by atoms with van der Waals surface area (Å²) in [5.41, 5.74) is 2.80. The Morgan fingerprint density at radius 2 is 2.00 bits per heavy atom. The number of rotatable bonds is 5. The molecule has 0 aliphatic rings. The minimum atomic E-state index is 0.599. The van der Waals surface area contributed by atoms with E-state index in [2.05, 4.69) is 30.8 Å². The molecule has 0 spiro atoms. The van der Waals surface area contributed by atoms with Gasteiger partial charge < -0.3 is 5.32 Å². The lowest BCUT2D eigenvalue weighted by molar-refractivity contribution is 0.640. The fourth-order valence-corrected chi connectivity index (χ4v) is 1.96. The van der Waals surface area contributed by atoms with E-state index in [-0.39, 0.29) is 0 Å². The molecule has 0 saturated heterocycles. The number of H-pyrrole nitrogens is 1. The molecule has 3 rings (SSSR count). The standard InChI is InChI=1S/C13H15N7/c1-20-9-15-12(18-20)8-14-7-11-13(17-19-16-11)10-5-3-2-4-6-10/h2-6,9,14H,7-8H2,1H3,(H,16,17,19). The highest BCUT2D eigenvalue weighted by molar-refractivity contribution is 5.60. The third kappa shape index (κ3) is 2.72. The van der Waals surface area contributed by atoms with E-state index in [4.69, 9.17) is 0 Å². The van der Waals surface area contributed by atoms with Crippen molar-refractivity contribution < 1.29 is 0 Å². The first-order valence-corrected chi connectivity index (χ1v) is 6.33. The van der Waals surface area contributed by atoms with Crippen molar-refractivity contribution in [2.24, 2.45) is 7.05 Å². The topological polar surface area (TPSA) is 84.3 Å². The molecule has 0 saturated carbocycles. The van der Waals surface area contributed by atoms with Crippen LogP contribution in [-0.4, -0.2) is 30.2 Å². The van der Waals surface area contributed by atoms with Gasteiger partial charge in [-0.05, 0) is 0 Å². The second-order valence-corrected chi connectivity index (χ2v) is 4.42. The largest absolute Gasteiger partial charge is 0.304 e. The Morgan fingerprint density at radius 3 is 2.75 bits per heavy atom. The molecule has 2 N–H and O–H groups in total. The summed E-state index contributed by atoms with van der Waals surface area (Å²) in [6, 6.07) is 9.98. The van der Waals surface area contributed by atoms with Gasteiger partial charge in [-0.2, -0.15) is 20.5 Å². The minimum Gasteiger partial charge on any atom is -0.304 e. The predicted octanol–water partition coefficient (Wildman–Crippen LogP) is 0.890. The Kier molecular flexibility index (Phi) is 3.51. The van der Waals surface area contributed by atoms with Crippen LogP contribution in [0, 0.1) is 0 Å². The van der Waals surface area contributed by atoms with Crippen LogP contribution in [0.2, 0.25) is 0 Å². The Labute approximate surface area is 116 Å². The minimum absolute atomic E-state index is 0.599. The van der Waals surface area contributed by atoms with Gasteiger partial charge in [0.15, 0.2) is 5.82 Å². The van der Waals surface area contributed by atoms with Crippen LogP contribution >= 0.6 is 0 Å². The number of benzene rings is 1. The molecule has 2 heterocycles. The maximum atomic E-state index is 4.21. The SMILES string of the molecule is Cn1cnc(CNCc2n[nH]nc2-c2ccccc2)n1. The van der Waals surface area contributed by atoms with Crippen LogP contribution in [0.5, 0.6) is 0 Å². The van der Waals surface area contributed by atoms with Crippen molar-refractivity contribution in [1.82, 2.24) is 35.5 Å². The Morgan fingerprint density at radius 1 is 1.15 bits per heavy atom. The first-order chi connectivity index (χ1) is 9.83. The molecule has 7 heteroatoms. The maximum Gasteiger partial charge on any atom is 0.164 e. The molecular formula is C13H15N7. The highest BCUT2D eigenvalue weighted by Gasteiger charge is 2.09. The van der Waals surface area contributed by atoms with Crippen LogP contribution in [0.1, 0.15) is 11.5 Å². The summed E-state index contributed by atoms with van der Waals surface area (Å²) in [5.74, 6) is 0.761. The summed E-state index contributed by atoms with van der Waals surface area (Å²) in [5, 5.41) is 18.5. The van der Waals surface area contributed by atoms with Crippen LogP contribution in [0.25, 0.3) is 11.3 Å². The second-order valence-electron chi connectivity index (χ2n) is 4.42. The number of aromatic amines is 1. The van der Waals surface area contributed by atoms with Crippen molar-refractivity contribution in [2.75, 3.05) is 0 Å². The fraction of sp³-hybridized carbons (Fsp3) is 0.231. The number of aromatic nitrogens is 6. The lowest BCUT2D eigenvalue weighted by atomic mass is 10.1. The monoisotopic (exact) mass is 269 g/mol. The highest BCUT2D eigenvalue weighted by Crippen LogP contribution is 2.18. The molecule has 1 aromatic carbocycles. The number of hydrogen-bond donors (Lipinski definition) is 2. The summed E-state index contributed by atoms with van der Waals surface area (Å²) in [6.07, 6.45) is 1.68. The van der Waals surface area contributed by atoms with Gasteiger partial charge in [0.25, 0.3) is 0 Å². The number of aryl methyl sites for hydroxylation is 1. The summed E-state index contributed by atoms with van der Waals surface area (Å²) in [4.78, 5) is 4.16. The van der Waals surface area contributed by atoms with Crippen LogP contribution < -0.4 is 5.32 Å². The maximum absolute atomic E-state index is 4.21. The van der Waals surface area contributed by atoms with Crippen LogP contribution in [0.3, 0.4) is 0 Å². The van der Waals surface area contributed by atoms with Crippen molar-refractivity contribution in [3.8, 4) is 11.3 Å². The molecule has 3 aromatic rings. The lowest BCUT2D eigenvalue weighted by Crippen LogP contribution is -2.15. The molecule has 0 unspecified atom stereocenters. The Hall–Kier alpha value is -2.54. The summed E-state index contributed by atoms with van der Waals surface area (Å²) in [7, 11) is 1.85. The van der Waals surface area contributed by atoms with Crippen molar-refractivity contribution in [2.45, 2.75) is 13.1 Å². The van der Waals surface area contributed by atoms with E-state index in [1.165, 1.54) is 0 Å². The molecule has 0 fully saturated rings. The van der Waals surface area contributed by atoms with Crippen LogP contribution in [-0.2, 0) is 20.1 Å². The number of nitrogens with zero attached hydrogens (tertiary/aromatic N) is 5. The van der Waals surface area contributed by atoms with E-state index in [1.54, 1.807) is 11.0 Å². The Bertz CT molecular complexity index is 671. The fourth-order valence-electron chi connectivity index (χ4n) is 1.96. The molecule has 0 aliphatic heterocycles. The van der Waals surface area contributed by atoms with Crippen molar-refractivity contribution >= 4 is 0 Å². The molecule has 102 valence electrons. The van der Waals surface area contributed by atoms with Gasteiger partial charge in [0, 0.05) is 19.2 Å². The Balaban J connectivity index is 1.65. The van der Waals surface area contributed by atoms with E-state index in [1.807, 2.05) is 37.4 Å². The third-order valence-corrected chi connectivity index (χ3v) is 2.89. The van der Waals surface area contributed by atoms with Gasteiger partial charge in [-0.15, -0.1) is 0 Å². The normalized spacial score (nSPS) is 10.8. The molecule has 0 amide bonds. The molecular weight excluding hydrogens is 254 g/mol. The molecule has 0 aliphatic carbocycles. The zero-order chi connectivity index (χ0) is 13.8. The van der Waals surface area contributed by atoms with E-state index in [0.29, 0.717) is 13.1 Å². The average molecular weight is 269 g/mol. The summed E-state index contributed by atoms with van der Waals surface area (Å²) < 4.78 is 1.68. The molecule has 0 radical (unpaired) electrons. The molecule has 0 bridgehead atoms.